The third kappa shape index (κ3) is 2.26. The van der Waals surface area contributed by atoms with E-state index in [1.807, 2.05) is 24.3 Å². The predicted molar refractivity (Wildman–Crippen MR) is 65.5 cm³/mol. The molecule has 2 atom stereocenters. The highest BCUT2D eigenvalue weighted by atomic mass is 32.2. The molecule has 1 fully saturated rings. The first-order valence-corrected chi connectivity index (χ1v) is 6.11. The van der Waals surface area contributed by atoms with Crippen LogP contribution >= 0.6 is 11.8 Å². The first kappa shape index (κ1) is 11.2. The van der Waals surface area contributed by atoms with E-state index in [0.717, 1.165) is 11.3 Å². The van der Waals surface area contributed by atoms with E-state index in [1.54, 1.807) is 18.7 Å². The van der Waals surface area contributed by atoms with E-state index in [1.165, 1.54) is 0 Å². The number of nitrogens with one attached hydrogen (secondary N) is 1. The maximum atomic E-state index is 11.2. The normalized spacial score (nSPS) is 24.0. The van der Waals surface area contributed by atoms with E-state index >= 15 is 0 Å². The second kappa shape index (κ2) is 4.69. The van der Waals surface area contributed by atoms with Gasteiger partial charge in [0.25, 0.3) is 0 Å². The summed E-state index contributed by atoms with van der Waals surface area (Å²) in [6, 6.07) is 7.48. The van der Waals surface area contributed by atoms with Crippen LogP contribution in [-0.4, -0.2) is 17.6 Å². The fourth-order valence-corrected chi connectivity index (χ4v) is 2.95. The van der Waals surface area contributed by atoms with Crippen molar-refractivity contribution in [3.8, 4) is 0 Å². The van der Waals surface area contributed by atoms with Gasteiger partial charge in [0.1, 0.15) is 5.78 Å². The third-order valence-electron chi connectivity index (χ3n) is 2.60. The Kier molecular flexibility index (Phi) is 3.28. The zero-order valence-corrected chi connectivity index (χ0v) is 9.75. The van der Waals surface area contributed by atoms with Gasteiger partial charge in [-0.3, -0.25) is 10.1 Å². The summed E-state index contributed by atoms with van der Waals surface area (Å²) in [7, 11) is 0. The lowest BCUT2D eigenvalue weighted by atomic mass is 10.2. The Labute approximate surface area is 99.1 Å². The molecule has 0 spiro atoms. The van der Waals surface area contributed by atoms with Crippen molar-refractivity contribution in [2.24, 2.45) is 0 Å². The van der Waals surface area contributed by atoms with Gasteiger partial charge in [0.15, 0.2) is 5.69 Å². The van der Waals surface area contributed by atoms with Crippen molar-refractivity contribution in [3.63, 3.8) is 0 Å². The number of benzene rings is 1. The molecule has 0 bridgehead atoms. The first-order chi connectivity index (χ1) is 7.70. The van der Waals surface area contributed by atoms with Crippen molar-refractivity contribution in [2.45, 2.75) is 18.3 Å². The number of hydrogen-bond acceptors (Lipinski definition) is 3. The molecule has 1 saturated heterocycles. The van der Waals surface area contributed by atoms with Crippen LogP contribution in [0.1, 0.15) is 17.9 Å². The van der Waals surface area contributed by atoms with Crippen molar-refractivity contribution in [2.75, 3.05) is 5.75 Å². The highest BCUT2D eigenvalue weighted by molar-refractivity contribution is 7.99. The number of thioether (sulfide) groups is 1. The zero-order valence-electron chi connectivity index (χ0n) is 8.93. The summed E-state index contributed by atoms with van der Waals surface area (Å²) in [5, 5.41) is 3.45. The summed E-state index contributed by atoms with van der Waals surface area (Å²) in [6.07, 6.45) is 0. The molecule has 1 aromatic carbocycles. The number of ketones is 1. The van der Waals surface area contributed by atoms with E-state index in [9.17, 15) is 4.79 Å². The molecule has 16 heavy (non-hydrogen) atoms. The quantitative estimate of drug-likeness (QED) is 0.795. The van der Waals surface area contributed by atoms with Gasteiger partial charge in [0.2, 0.25) is 0 Å². The van der Waals surface area contributed by atoms with Crippen molar-refractivity contribution in [1.82, 2.24) is 5.32 Å². The van der Waals surface area contributed by atoms with Crippen LogP contribution in [0.5, 0.6) is 0 Å². The summed E-state index contributed by atoms with van der Waals surface area (Å²) in [4.78, 5) is 14.6. The lowest BCUT2D eigenvalue weighted by molar-refractivity contribution is -0.118. The van der Waals surface area contributed by atoms with Crippen LogP contribution in [0.15, 0.2) is 24.3 Å². The summed E-state index contributed by atoms with van der Waals surface area (Å²) >= 11 is 1.74. The first-order valence-electron chi connectivity index (χ1n) is 5.06. The van der Waals surface area contributed by atoms with Gasteiger partial charge in [-0.15, -0.1) is 11.8 Å². The lowest BCUT2D eigenvalue weighted by Gasteiger charge is -2.11. The highest BCUT2D eigenvalue weighted by Gasteiger charge is 2.27. The van der Waals surface area contributed by atoms with Gasteiger partial charge in [-0.1, -0.05) is 24.3 Å². The molecule has 1 aromatic rings. The monoisotopic (exact) mass is 232 g/mol. The van der Waals surface area contributed by atoms with Crippen molar-refractivity contribution in [3.05, 3.63) is 41.2 Å². The topological polar surface area (TPSA) is 33.5 Å². The van der Waals surface area contributed by atoms with Gasteiger partial charge in [0, 0.05) is 5.75 Å². The molecule has 1 N–H and O–H groups in total. The molecule has 0 radical (unpaired) electrons. The SMILES string of the molecule is [C-]#[N+]c1ccc(C2N[C@H](C(C)=O)CS2)cc1. The van der Waals surface area contributed by atoms with E-state index in [-0.39, 0.29) is 17.2 Å². The molecule has 0 aliphatic carbocycles. The van der Waals surface area contributed by atoms with E-state index in [4.69, 9.17) is 6.57 Å². The third-order valence-corrected chi connectivity index (χ3v) is 3.87. The molecular formula is C12H12N2OS. The number of rotatable bonds is 2. The lowest BCUT2D eigenvalue weighted by Crippen LogP contribution is -2.32. The molecule has 1 aliphatic heterocycles. The van der Waals surface area contributed by atoms with Gasteiger partial charge in [-0.2, -0.15) is 0 Å². The number of carbonyl (C=O) groups is 1. The maximum absolute atomic E-state index is 11.2. The van der Waals surface area contributed by atoms with Crippen LogP contribution in [-0.2, 0) is 4.79 Å². The van der Waals surface area contributed by atoms with Crippen LogP contribution in [0.3, 0.4) is 0 Å². The van der Waals surface area contributed by atoms with Crippen molar-refractivity contribution >= 4 is 23.2 Å². The maximum Gasteiger partial charge on any atom is 0.187 e. The summed E-state index contributed by atoms with van der Waals surface area (Å²) < 4.78 is 0. The minimum absolute atomic E-state index is 0.0319. The van der Waals surface area contributed by atoms with E-state index in [0.29, 0.717) is 5.69 Å². The van der Waals surface area contributed by atoms with Crippen LogP contribution < -0.4 is 5.32 Å². The van der Waals surface area contributed by atoms with Gasteiger partial charge in [-0.25, -0.2) is 4.85 Å². The number of Topliss-reactive ketones (excluding diaryl/α,β-unsaturated/α-hetero) is 1. The Morgan fingerprint density at radius 3 is 2.69 bits per heavy atom. The molecule has 0 aromatic heterocycles. The van der Waals surface area contributed by atoms with Gasteiger partial charge in [0.05, 0.1) is 18.0 Å². The Morgan fingerprint density at radius 2 is 2.19 bits per heavy atom. The Bertz CT molecular complexity index is 435. The van der Waals surface area contributed by atoms with Crippen LogP contribution in [0.25, 0.3) is 4.85 Å². The zero-order chi connectivity index (χ0) is 11.5. The minimum Gasteiger partial charge on any atom is -0.298 e. The van der Waals surface area contributed by atoms with Gasteiger partial charge in [-0.05, 0) is 12.5 Å². The molecule has 2 rings (SSSR count). The average molecular weight is 232 g/mol. The van der Waals surface area contributed by atoms with Crippen LogP contribution in [0.2, 0.25) is 0 Å². The number of nitrogens with zero attached hydrogens (tertiary/aromatic N) is 1. The van der Waals surface area contributed by atoms with Gasteiger partial charge >= 0.3 is 0 Å². The average Bonchev–Trinajstić information content (AvgIpc) is 2.78. The molecule has 0 saturated carbocycles. The molecule has 1 unspecified atom stereocenters. The second-order valence-corrected chi connectivity index (χ2v) is 4.88. The fourth-order valence-electron chi connectivity index (χ4n) is 1.62. The molecular weight excluding hydrogens is 220 g/mol. The number of hydrogen-bond donors (Lipinski definition) is 1. The van der Waals surface area contributed by atoms with Crippen molar-refractivity contribution < 1.29 is 4.79 Å². The molecule has 3 nitrogen and oxygen atoms in total. The highest BCUT2D eigenvalue weighted by Crippen LogP contribution is 2.33. The Balaban J connectivity index is 2.09. The summed E-state index contributed by atoms with van der Waals surface area (Å²) in [6.45, 7) is 8.49. The molecule has 0 amide bonds. The molecule has 1 heterocycles. The standard InChI is InChI=1S/C12H12N2OS/c1-8(15)11-7-16-12(14-11)9-3-5-10(13-2)6-4-9/h3-6,11-12,14H,7H2,1H3/t11-,12?/m0/s1. The second-order valence-electron chi connectivity index (χ2n) is 3.75. The molecule has 82 valence electrons. The van der Waals surface area contributed by atoms with Crippen LogP contribution in [0.4, 0.5) is 5.69 Å². The fraction of sp³-hybridized carbons (Fsp3) is 0.333. The molecule has 4 heteroatoms. The summed E-state index contributed by atoms with van der Waals surface area (Å²) in [5.41, 5.74) is 1.77. The Morgan fingerprint density at radius 1 is 1.50 bits per heavy atom. The van der Waals surface area contributed by atoms with Crippen LogP contribution in [0, 0.1) is 6.57 Å². The largest absolute Gasteiger partial charge is 0.298 e. The minimum atomic E-state index is -0.0319. The predicted octanol–water partition coefficient (Wildman–Crippen LogP) is 2.53. The summed E-state index contributed by atoms with van der Waals surface area (Å²) in [5.74, 6) is 1.01. The van der Waals surface area contributed by atoms with Gasteiger partial charge < -0.3 is 0 Å². The molecule has 1 aliphatic rings. The Hall–Kier alpha value is -1.31. The smallest absolute Gasteiger partial charge is 0.187 e. The number of carbonyl (C=O) groups excluding carboxylic acids is 1. The van der Waals surface area contributed by atoms with Crippen molar-refractivity contribution in [1.29, 1.82) is 0 Å². The van der Waals surface area contributed by atoms with E-state index < -0.39 is 0 Å². The van der Waals surface area contributed by atoms with E-state index in [2.05, 4.69) is 10.2 Å².